The summed E-state index contributed by atoms with van der Waals surface area (Å²) in [6.45, 7) is 4.22. The van der Waals surface area contributed by atoms with Crippen LogP contribution in [0.15, 0.2) is 65.5 Å². The Morgan fingerprint density at radius 2 is 1.49 bits per heavy atom. The molecule has 9 heteroatoms. The van der Waals surface area contributed by atoms with Crippen molar-refractivity contribution in [2.24, 2.45) is 0 Å². The van der Waals surface area contributed by atoms with Gasteiger partial charge >= 0.3 is 0 Å². The van der Waals surface area contributed by atoms with Crippen LogP contribution in [0.5, 0.6) is 23.0 Å². The van der Waals surface area contributed by atoms with Crippen molar-refractivity contribution in [1.82, 2.24) is 14.5 Å². The van der Waals surface area contributed by atoms with Gasteiger partial charge in [-0.2, -0.15) is 0 Å². The van der Waals surface area contributed by atoms with E-state index in [0.717, 1.165) is 0 Å². The molecule has 4 rings (SSSR count). The van der Waals surface area contributed by atoms with E-state index in [0.29, 0.717) is 63.9 Å². The van der Waals surface area contributed by atoms with E-state index in [1.165, 1.54) is 21.3 Å². The number of hydrogen-bond donors (Lipinski definition) is 0. The van der Waals surface area contributed by atoms with Gasteiger partial charge in [0.05, 0.1) is 51.1 Å². The molecule has 4 aromatic rings. The van der Waals surface area contributed by atoms with Crippen LogP contribution in [0, 0.1) is 0 Å². The van der Waals surface area contributed by atoms with Crippen molar-refractivity contribution in [1.29, 1.82) is 0 Å². The minimum absolute atomic E-state index is 0.241. The van der Waals surface area contributed by atoms with Crippen molar-refractivity contribution < 1.29 is 23.7 Å². The summed E-state index contributed by atoms with van der Waals surface area (Å²) < 4.78 is 23.5. The molecule has 0 spiro atoms. The van der Waals surface area contributed by atoms with Gasteiger partial charge in [-0.3, -0.25) is 14.2 Å². The smallest absolute Gasteiger partial charge is 0.266 e. The fourth-order valence-electron chi connectivity index (χ4n) is 4.84. The first-order valence-electron chi connectivity index (χ1n) is 12.7. The summed E-state index contributed by atoms with van der Waals surface area (Å²) in [5.74, 6) is 1.84. The maximum Gasteiger partial charge on any atom is 0.266 e. The Balaban J connectivity index is 1.94. The van der Waals surface area contributed by atoms with Gasteiger partial charge in [0.25, 0.3) is 11.5 Å². The zero-order valence-electron chi connectivity index (χ0n) is 23.1. The standard InChI is InChI=1S/C30H33N3O6/c1-7-22(32(8-2)29(34)19-17-25(37-4)27(39-6)26(18-19)38-5)28-31-21-14-10-9-13-20(21)30(35)33(28)23-15-11-12-16-24(23)36-3/h9-18,22H,7-8H2,1-6H3. The Morgan fingerprint density at radius 1 is 0.872 bits per heavy atom. The molecule has 0 fully saturated rings. The second kappa shape index (κ2) is 11.9. The molecule has 0 aliphatic heterocycles. The van der Waals surface area contributed by atoms with Crippen LogP contribution in [0.3, 0.4) is 0 Å². The summed E-state index contributed by atoms with van der Waals surface area (Å²) in [4.78, 5) is 34.6. The quantitative estimate of drug-likeness (QED) is 0.283. The Labute approximate surface area is 227 Å². The van der Waals surface area contributed by atoms with Gasteiger partial charge in [-0.1, -0.05) is 31.2 Å². The average molecular weight is 532 g/mol. The van der Waals surface area contributed by atoms with E-state index >= 15 is 0 Å². The minimum atomic E-state index is -0.538. The molecular formula is C30H33N3O6. The van der Waals surface area contributed by atoms with Gasteiger partial charge in [0.2, 0.25) is 5.75 Å². The number of benzene rings is 3. The molecule has 0 aliphatic rings. The van der Waals surface area contributed by atoms with E-state index in [1.54, 1.807) is 53.0 Å². The minimum Gasteiger partial charge on any atom is -0.495 e. The normalized spacial score (nSPS) is 11.6. The van der Waals surface area contributed by atoms with E-state index in [-0.39, 0.29) is 11.5 Å². The number of para-hydroxylation sites is 3. The number of methoxy groups -OCH3 is 4. The predicted octanol–water partition coefficient (Wildman–Crippen LogP) is 5.03. The Kier molecular flexibility index (Phi) is 8.39. The Morgan fingerprint density at radius 3 is 2.08 bits per heavy atom. The van der Waals surface area contributed by atoms with Crippen molar-refractivity contribution in [3.05, 3.63) is 82.4 Å². The molecule has 0 N–H and O–H groups in total. The number of amides is 1. The zero-order valence-corrected chi connectivity index (χ0v) is 23.1. The highest BCUT2D eigenvalue weighted by Crippen LogP contribution is 2.39. The fraction of sp³-hybridized carbons (Fsp3) is 0.300. The van der Waals surface area contributed by atoms with Gasteiger partial charge in [0.15, 0.2) is 11.5 Å². The highest BCUT2D eigenvalue weighted by molar-refractivity contribution is 5.96. The second-order valence-electron chi connectivity index (χ2n) is 8.73. The maximum absolute atomic E-state index is 14.0. The van der Waals surface area contributed by atoms with E-state index in [1.807, 2.05) is 38.1 Å². The van der Waals surface area contributed by atoms with Crippen LogP contribution < -0.4 is 24.5 Å². The molecule has 1 aromatic heterocycles. The molecule has 3 aromatic carbocycles. The Hall–Kier alpha value is -4.53. The average Bonchev–Trinajstić information content (AvgIpc) is 2.98. The first-order valence-corrected chi connectivity index (χ1v) is 12.7. The number of aromatic nitrogens is 2. The molecule has 0 radical (unpaired) electrons. The molecule has 1 heterocycles. The monoisotopic (exact) mass is 531 g/mol. The van der Waals surface area contributed by atoms with Crippen LogP contribution in [0.4, 0.5) is 0 Å². The second-order valence-corrected chi connectivity index (χ2v) is 8.73. The highest BCUT2D eigenvalue weighted by atomic mass is 16.5. The molecule has 0 bridgehead atoms. The number of ether oxygens (including phenoxy) is 4. The van der Waals surface area contributed by atoms with E-state index in [4.69, 9.17) is 23.9 Å². The third-order valence-electron chi connectivity index (χ3n) is 6.70. The van der Waals surface area contributed by atoms with Crippen LogP contribution >= 0.6 is 0 Å². The number of carbonyl (C=O) groups excluding carboxylic acids is 1. The summed E-state index contributed by atoms with van der Waals surface area (Å²) in [6, 6.07) is 17.2. The molecule has 1 amide bonds. The van der Waals surface area contributed by atoms with Gasteiger partial charge in [0, 0.05) is 12.1 Å². The first-order chi connectivity index (χ1) is 18.9. The number of hydrogen-bond acceptors (Lipinski definition) is 7. The summed E-state index contributed by atoms with van der Waals surface area (Å²) in [6.07, 6.45) is 0.504. The van der Waals surface area contributed by atoms with Gasteiger partial charge in [0.1, 0.15) is 11.6 Å². The van der Waals surface area contributed by atoms with Gasteiger partial charge in [-0.05, 0) is 49.7 Å². The van der Waals surface area contributed by atoms with Crippen LogP contribution in [-0.4, -0.2) is 55.3 Å². The lowest BCUT2D eigenvalue weighted by molar-refractivity contribution is 0.0671. The van der Waals surface area contributed by atoms with Crippen molar-refractivity contribution >= 4 is 16.8 Å². The molecule has 0 aliphatic carbocycles. The molecule has 9 nitrogen and oxygen atoms in total. The van der Waals surface area contributed by atoms with E-state index < -0.39 is 6.04 Å². The fourth-order valence-corrected chi connectivity index (χ4v) is 4.84. The summed E-state index contributed by atoms with van der Waals surface area (Å²) in [7, 11) is 6.07. The van der Waals surface area contributed by atoms with E-state index in [2.05, 4.69) is 0 Å². The van der Waals surface area contributed by atoms with Crippen molar-refractivity contribution in [3.8, 4) is 28.7 Å². The lowest BCUT2D eigenvalue weighted by atomic mass is 10.1. The summed E-state index contributed by atoms with van der Waals surface area (Å²) in [5.41, 5.74) is 1.22. The molecule has 0 saturated heterocycles. The van der Waals surface area contributed by atoms with Crippen molar-refractivity contribution in [2.75, 3.05) is 35.0 Å². The number of carbonyl (C=O) groups is 1. The number of nitrogens with zero attached hydrogens (tertiary/aromatic N) is 3. The van der Waals surface area contributed by atoms with Crippen LogP contribution in [0.1, 0.15) is 42.5 Å². The van der Waals surface area contributed by atoms with Crippen molar-refractivity contribution in [3.63, 3.8) is 0 Å². The summed E-state index contributed by atoms with van der Waals surface area (Å²) >= 11 is 0. The van der Waals surface area contributed by atoms with Crippen LogP contribution in [-0.2, 0) is 0 Å². The first kappa shape index (κ1) is 27.5. The van der Waals surface area contributed by atoms with Crippen molar-refractivity contribution in [2.45, 2.75) is 26.3 Å². The Bertz CT molecular complexity index is 1520. The zero-order chi connectivity index (χ0) is 28.1. The molecule has 1 atom stereocenters. The van der Waals surface area contributed by atoms with Crippen LogP contribution in [0.2, 0.25) is 0 Å². The highest BCUT2D eigenvalue weighted by Gasteiger charge is 2.30. The maximum atomic E-state index is 14.0. The van der Waals surface area contributed by atoms with Gasteiger partial charge in [-0.25, -0.2) is 4.98 Å². The van der Waals surface area contributed by atoms with Gasteiger partial charge < -0.3 is 23.8 Å². The van der Waals surface area contributed by atoms with E-state index in [9.17, 15) is 9.59 Å². The lowest BCUT2D eigenvalue weighted by Crippen LogP contribution is -2.38. The molecule has 1 unspecified atom stereocenters. The molecule has 204 valence electrons. The third kappa shape index (κ3) is 4.99. The predicted molar refractivity (Wildman–Crippen MR) is 150 cm³/mol. The third-order valence-corrected chi connectivity index (χ3v) is 6.70. The number of rotatable bonds is 10. The molecular weight excluding hydrogens is 498 g/mol. The topological polar surface area (TPSA) is 92.1 Å². The lowest BCUT2D eigenvalue weighted by Gasteiger charge is -2.32. The number of fused-ring (bicyclic) bond motifs is 1. The van der Waals surface area contributed by atoms with Gasteiger partial charge in [-0.15, -0.1) is 0 Å². The molecule has 39 heavy (non-hydrogen) atoms. The van der Waals surface area contributed by atoms with Crippen LogP contribution in [0.25, 0.3) is 16.6 Å². The molecule has 0 saturated carbocycles. The summed E-state index contributed by atoms with van der Waals surface area (Å²) in [5, 5.41) is 0.473. The SMILES string of the molecule is CCC(c1nc2ccccc2c(=O)n1-c1ccccc1OC)N(CC)C(=O)c1cc(OC)c(OC)c(OC)c1. The largest absolute Gasteiger partial charge is 0.495 e.